The zero-order valence-corrected chi connectivity index (χ0v) is 11.1. The van der Waals surface area contributed by atoms with Gasteiger partial charge in [0.1, 0.15) is 5.54 Å². The van der Waals surface area contributed by atoms with Crippen LogP contribution in [0.1, 0.15) is 32.6 Å². The summed E-state index contributed by atoms with van der Waals surface area (Å²) in [5.41, 5.74) is 4.98. The lowest BCUT2D eigenvalue weighted by Crippen LogP contribution is -2.57. The standard InChI is InChI=1S/C12H20N4O3/c1-2-3-8(13)9(17)16-6-4-12(5-7-16)10(18)14-11(19)15-12/h8H,2-7,13H2,1H3,(H2,14,15,18,19). The minimum Gasteiger partial charge on any atom is -0.341 e. The number of piperidine rings is 1. The Morgan fingerprint density at radius 3 is 2.53 bits per heavy atom. The number of nitrogens with zero attached hydrogens (tertiary/aromatic N) is 1. The van der Waals surface area contributed by atoms with Gasteiger partial charge in [-0.15, -0.1) is 0 Å². The van der Waals surface area contributed by atoms with Gasteiger partial charge in [-0.05, 0) is 19.3 Å². The van der Waals surface area contributed by atoms with Gasteiger partial charge in [0.05, 0.1) is 6.04 Å². The number of imide groups is 1. The summed E-state index contributed by atoms with van der Waals surface area (Å²) in [5.74, 6) is -0.358. The lowest BCUT2D eigenvalue weighted by Gasteiger charge is -2.37. The fraction of sp³-hybridized carbons (Fsp3) is 0.750. The smallest absolute Gasteiger partial charge is 0.322 e. The first-order chi connectivity index (χ1) is 8.98. The lowest BCUT2D eigenvalue weighted by molar-refractivity contribution is -0.137. The van der Waals surface area contributed by atoms with Gasteiger partial charge in [0.2, 0.25) is 5.91 Å². The molecule has 7 heteroatoms. The number of carbonyl (C=O) groups excluding carboxylic acids is 3. The van der Waals surface area contributed by atoms with Gasteiger partial charge in [-0.25, -0.2) is 4.79 Å². The summed E-state index contributed by atoms with van der Waals surface area (Å²) in [6.07, 6.45) is 2.41. The van der Waals surface area contributed by atoms with Crippen molar-refractivity contribution < 1.29 is 14.4 Å². The lowest BCUT2D eigenvalue weighted by atomic mass is 9.87. The third kappa shape index (κ3) is 2.56. The molecule has 1 atom stereocenters. The van der Waals surface area contributed by atoms with Crippen LogP contribution in [0.4, 0.5) is 4.79 Å². The third-order valence-corrected chi connectivity index (χ3v) is 3.86. The van der Waals surface area contributed by atoms with Crippen molar-refractivity contribution in [3.63, 3.8) is 0 Å². The Bertz CT molecular complexity index is 402. The number of hydrogen-bond donors (Lipinski definition) is 3. The third-order valence-electron chi connectivity index (χ3n) is 3.86. The van der Waals surface area contributed by atoms with Crippen molar-refractivity contribution in [3.8, 4) is 0 Å². The van der Waals surface area contributed by atoms with E-state index < -0.39 is 17.6 Å². The van der Waals surface area contributed by atoms with Crippen LogP contribution in [0.25, 0.3) is 0 Å². The maximum absolute atomic E-state index is 12.1. The second-order valence-electron chi connectivity index (χ2n) is 5.21. The molecule has 2 saturated heterocycles. The van der Waals surface area contributed by atoms with E-state index in [2.05, 4.69) is 10.6 Å². The van der Waals surface area contributed by atoms with Crippen molar-refractivity contribution in [1.29, 1.82) is 0 Å². The molecule has 4 N–H and O–H groups in total. The monoisotopic (exact) mass is 268 g/mol. The molecule has 0 bridgehead atoms. The summed E-state index contributed by atoms with van der Waals surface area (Å²) in [6, 6.07) is -0.918. The first kappa shape index (κ1) is 13.8. The fourth-order valence-electron chi connectivity index (χ4n) is 2.66. The zero-order valence-electron chi connectivity index (χ0n) is 11.1. The van der Waals surface area contributed by atoms with Gasteiger partial charge in [-0.2, -0.15) is 0 Å². The molecule has 1 spiro atoms. The molecule has 0 aromatic rings. The average Bonchev–Trinajstić information content (AvgIpc) is 2.64. The van der Waals surface area contributed by atoms with Crippen LogP contribution in [0.2, 0.25) is 0 Å². The van der Waals surface area contributed by atoms with E-state index in [1.54, 1.807) is 4.90 Å². The van der Waals surface area contributed by atoms with Gasteiger partial charge in [0.15, 0.2) is 0 Å². The van der Waals surface area contributed by atoms with Crippen LogP contribution in [-0.2, 0) is 9.59 Å². The minimum absolute atomic E-state index is 0.0681. The molecule has 7 nitrogen and oxygen atoms in total. The Labute approximate surface area is 111 Å². The zero-order chi connectivity index (χ0) is 14.0. The largest absolute Gasteiger partial charge is 0.341 e. The number of nitrogens with two attached hydrogens (primary N) is 1. The highest BCUT2D eigenvalue weighted by molar-refractivity contribution is 6.07. The second-order valence-corrected chi connectivity index (χ2v) is 5.21. The van der Waals surface area contributed by atoms with Crippen molar-refractivity contribution in [2.24, 2.45) is 5.73 Å². The number of rotatable bonds is 3. The molecule has 0 aromatic carbocycles. The van der Waals surface area contributed by atoms with E-state index in [4.69, 9.17) is 5.73 Å². The molecule has 2 aliphatic rings. The normalized spacial score (nSPS) is 23.2. The van der Waals surface area contributed by atoms with E-state index in [1.165, 1.54) is 0 Å². The van der Waals surface area contributed by atoms with E-state index in [0.29, 0.717) is 32.4 Å². The van der Waals surface area contributed by atoms with Crippen LogP contribution in [0.3, 0.4) is 0 Å². The summed E-state index contributed by atoms with van der Waals surface area (Å²) in [4.78, 5) is 36.7. The van der Waals surface area contributed by atoms with Gasteiger partial charge in [0, 0.05) is 13.1 Å². The van der Waals surface area contributed by atoms with E-state index in [0.717, 1.165) is 6.42 Å². The number of urea groups is 1. The first-order valence-electron chi connectivity index (χ1n) is 6.66. The molecule has 0 aliphatic carbocycles. The Kier molecular flexibility index (Phi) is 3.75. The van der Waals surface area contributed by atoms with Gasteiger partial charge in [0.25, 0.3) is 5.91 Å². The number of hydrogen-bond acceptors (Lipinski definition) is 4. The minimum atomic E-state index is -0.831. The highest BCUT2D eigenvalue weighted by Crippen LogP contribution is 2.25. The molecule has 2 heterocycles. The van der Waals surface area contributed by atoms with Crippen LogP contribution >= 0.6 is 0 Å². The van der Waals surface area contributed by atoms with Gasteiger partial charge in [-0.1, -0.05) is 13.3 Å². The Balaban J connectivity index is 1.94. The van der Waals surface area contributed by atoms with Crippen LogP contribution in [0.5, 0.6) is 0 Å². The maximum Gasteiger partial charge on any atom is 0.322 e. The van der Waals surface area contributed by atoms with E-state index >= 15 is 0 Å². The van der Waals surface area contributed by atoms with Gasteiger partial charge >= 0.3 is 6.03 Å². The second kappa shape index (κ2) is 5.16. The van der Waals surface area contributed by atoms with Crippen molar-refractivity contribution in [1.82, 2.24) is 15.5 Å². The highest BCUT2D eigenvalue weighted by atomic mass is 16.2. The predicted molar refractivity (Wildman–Crippen MR) is 68.1 cm³/mol. The Morgan fingerprint density at radius 1 is 1.42 bits per heavy atom. The summed E-state index contributed by atoms with van der Waals surface area (Å²) in [5, 5.41) is 4.91. The molecule has 106 valence electrons. The fourth-order valence-corrected chi connectivity index (χ4v) is 2.66. The molecule has 0 saturated carbocycles. The molecule has 0 aromatic heterocycles. The van der Waals surface area contributed by atoms with Crippen LogP contribution < -0.4 is 16.4 Å². The molecule has 2 aliphatic heterocycles. The molecule has 2 rings (SSSR count). The molecule has 19 heavy (non-hydrogen) atoms. The summed E-state index contributed by atoms with van der Waals surface area (Å²) < 4.78 is 0. The molecule has 0 radical (unpaired) electrons. The van der Waals surface area contributed by atoms with E-state index in [1.807, 2.05) is 6.92 Å². The van der Waals surface area contributed by atoms with Crippen molar-refractivity contribution in [3.05, 3.63) is 0 Å². The number of likely N-dealkylation sites (tertiary alicyclic amines) is 1. The van der Waals surface area contributed by atoms with E-state index in [-0.39, 0.29) is 11.8 Å². The van der Waals surface area contributed by atoms with Crippen LogP contribution in [-0.4, -0.2) is 47.4 Å². The topological polar surface area (TPSA) is 105 Å². The average molecular weight is 268 g/mol. The molecule has 1 unspecified atom stereocenters. The number of carbonyl (C=O) groups is 3. The van der Waals surface area contributed by atoms with Crippen LogP contribution in [0, 0.1) is 0 Å². The quantitative estimate of drug-likeness (QED) is 0.589. The first-order valence-corrected chi connectivity index (χ1v) is 6.66. The van der Waals surface area contributed by atoms with Gasteiger partial charge < -0.3 is 16.0 Å². The SMILES string of the molecule is CCCC(N)C(=O)N1CCC2(CC1)NC(=O)NC2=O. The number of nitrogens with one attached hydrogen (secondary N) is 2. The van der Waals surface area contributed by atoms with Gasteiger partial charge in [-0.3, -0.25) is 14.9 Å². The Morgan fingerprint density at radius 2 is 2.05 bits per heavy atom. The molecule has 4 amide bonds. The van der Waals surface area contributed by atoms with Crippen LogP contribution in [0.15, 0.2) is 0 Å². The van der Waals surface area contributed by atoms with Crippen molar-refractivity contribution in [2.75, 3.05) is 13.1 Å². The highest BCUT2D eigenvalue weighted by Gasteiger charge is 2.48. The van der Waals surface area contributed by atoms with Crippen molar-refractivity contribution >= 4 is 17.8 Å². The predicted octanol–water partition coefficient (Wildman–Crippen LogP) is -0.686. The van der Waals surface area contributed by atoms with E-state index in [9.17, 15) is 14.4 Å². The summed E-state index contributed by atoms with van der Waals surface area (Å²) in [7, 11) is 0. The van der Waals surface area contributed by atoms with Crippen molar-refractivity contribution in [2.45, 2.75) is 44.2 Å². The molecular weight excluding hydrogens is 248 g/mol. The number of amides is 4. The molecular formula is C12H20N4O3. The maximum atomic E-state index is 12.1. The Hall–Kier alpha value is -1.63. The summed E-state index contributed by atoms with van der Waals surface area (Å²) >= 11 is 0. The summed E-state index contributed by atoms with van der Waals surface area (Å²) in [6.45, 7) is 2.88. The molecule has 2 fully saturated rings.